The highest BCUT2D eigenvalue weighted by Crippen LogP contribution is 2.31. The average molecular weight is 579 g/mol. The van der Waals surface area contributed by atoms with Crippen molar-refractivity contribution in [1.29, 1.82) is 0 Å². The fraction of sp³-hybridized carbons (Fsp3) is 0.125. The van der Waals surface area contributed by atoms with E-state index in [1.165, 1.54) is 12.3 Å². The molecule has 0 radical (unpaired) electrons. The minimum Gasteiger partial charge on any atom is -0.467 e. The second-order valence-electron chi connectivity index (χ2n) is 9.46. The number of urea groups is 1. The van der Waals surface area contributed by atoms with Crippen LogP contribution in [-0.2, 0) is 19.1 Å². The van der Waals surface area contributed by atoms with Crippen LogP contribution in [0.1, 0.15) is 24.3 Å². The summed E-state index contributed by atoms with van der Waals surface area (Å²) in [6, 6.07) is 20.8. The number of rotatable bonds is 9. The number of furan rings is 2. The quantitative estimate of drug-likeness (QED) is 0.177. The van der Waals surface area contributed by atoms with Gasteiger partial charge in [0.1, 0.15) is 29.7 Å². The summed E-state index contributed by atoms with van der Waals surface area (Å²) in [6.45, 7) is 1.39. The molecule has 1 aliphatic heterocycles. The summed E-state index contributed by atoms with van der Waals surface area (Å²) < 4.78 is 23.8. The van der Waals surface area contributed by atoms with E-state index >= 15 is 0 Å². The van der Waals surface area contributed by atoms with E-state index in [4.69, 9.17) is 23.4 Å². The van der Waals surface area contributed by atoms with Crippen LogP contribution < -0.4 is 10.6 Å². The third-order valence-electron chi connectivity index (χ3n) is 6.66. The van der Waals surface area contributed by atoms with Gasteiger partial charge in [-0.1, -0.05) is 36.4 Å². The molecular formula is C32H26N4O7. The predicted octanol–water partition coefficient (Wildman–Crippen LogP) is 5.31. The van der Waals surface area contributed by atoms with Crippen molar-refractivity contribution in [2.45, 2.75) is 13.0 Å². The Morgan fingerprint density at radius 3 is 2.63 bits per heavy atom. The predicted molar refractivity (Wildman–Crippen MR) is 156 cm³/mol. The molecule has 0 saturated heterocycles. The molecule has 0 unspecified atom stereocenters. The Kier molecular flexibility index (Phi) is 7.60. The molecule has 0 saturated carbocycles. The highest BCUT2D eigenvalue weighted by molar-refractivity contribution is 5.95. The largest absolute Gasteiger partial charge is 0.467 e. The van der Waals surface area contributed by atoms with Crippen LogP contribution in [0.4, 0.5) is 4.79 Å². The number of benzene rings is 2. The Bertz CT molecular complexity index is 1820. The molecule has 11 nitrogen and oxygen atoms in total. The van der Waals surface area contributed by atoms with E-state index in [-0.39, 0.29) is 24.5 Å². The van der Waals surface area contributed by atoms with Gasteiger partial charge in [0.25, 0.3) is 0 Å². The zero-order valence-electron chi connectivity index (χ0n) is 23.0. The summed E-state index contributed by atoms with van der Waals surface area (Å²) in [5.41, 5.74) is 2.84. The van der Waals surface area contributed by atoms with Crippen LogP contribution in [0.5, 0.6) is 0 Å². The van der Waals surface area contributed by atoms with Crippen molar-refractivity contribution in [3.8, 4) is 17.1 Å². The molecule has 0 bridgehead atoms. The second-order valence-corrected chi connectivity index (χ2v) is 9.46. The first-order valence-electron chi connectivity index (χ1n) is 13.5. The number of ether oxygens (including phenoxy) is 2. The highest BCUT2D eigenvalue weighted by atomic mass is 16.5. The van der Waals surface area contributed by atoms with E-state index in [1.54, 1.807) is 36.0 Å². The zero-order chi connectivity index (χ0) is 29.8. The van der Waals surface area contributed by atoms with Gasteiger partial charge in [0.2, 0.25) is 0 Å². The van der Waals surface area contributed by atoms with Gasteiger partial charge in [-0.25, -0.2) is 19.1 Å². The van der Waals surface area contributed by atoms with Gasteiger partial charge in [0.05, 0.1) is 29.8 Å². The summed E-state index contributed by atoms with van der Waals surface area (Å²) in [7, 11) is 0. The van der Waals surface area contributed by atoms with Crippen molar-refractivity contribution in [3.63, 3.8) is 0 Å². The Hall–Kier alpha value is -5.84. The molecule has 2 N–H and O–H groups in total. The first-order chi connectivity index (χ1) is 21.0. The van der Waals surface area contributed by atoms with Crippen LogP contribution in [0.2, 0.25) is 0 Å². The van der Waals surface area contributed by atoms with Crippen LogP contribution in [0.3, 0.4) is 0 Å². The van der Waals surface area contributed by atoms with Crippen molar-refractivity contribution in [1.82, 2.24) is 20.4 Å². The number of amides is 2. The molecule has 1 atom stereocenters. The molecule has 5 aromatic rings. The number of aromatic nitrogens is 2. The number of nitrogens with one attached hydrogen (secondary N) is 2. The molecule has 3 aromatic heterocycles. The summed E-state index contributed by atoms with van der Waals surface area (Å²) >= 11 is 0. The minimum atomic E-state index is -0.915. The number of hydrogen-bond donors (Lipinski definition) is 2. The van der Waals surface area contributed by atoms with Gasteiger partial charge in [-0.15, -0.1) is 0 Å². The minimum absolute atomic E-state index is 0.0736. The SMILES string of the molecule is CCOC(=O)C1=C(COC(=O)/C=C/c2cn(-c3ccccc3)nc2-c2cc3ccccc3o2)NC(=O)N[C@@H]1c1ccco1. The number of nitrogens with zero attached hydrogens (tertiary/aromatic N) is 2. The first-order valence-corrected chi connectivity index (χ1v) is 13.5. The molecule has 4 heterocycles. The van der Waals surface area contributed by atoms with E-state index in [2.05, 4.69) is 10.6 Å². The Labute approximate surface area is 245 Å². The number of para-hydroxylation sites is 2. The summed E-state index contributed by atoms with van der Waals surface area (Å²) in [6.07, 6.45) is 6.03. The topological polar surface area (TPSA) is 138 Å². The number of carbonyl (C=O) groups is 3. The van der Waals surface area contributed by atoms with Gasteiger partial charge >= 0.3 is 18.0 Å². The van der Waals surface area contributed by atoms with Gasteiger partial charge < -0.3 is 28.9 Å². The average Bonchev–Trinajstić information content (AvgIpc) is 3.79. The lowest BCUT2D eigenvalue weighted by Crippen LogP contribution is -2.47. The number of esters is 2. The van der Waals surface area contributed by atoms with E-state index in [0.29, 0.717) is 28.4 Å². The van der Waals surface area contributed by atoms with Crippen LogP contribution in [0.15, 0.2) is 111 Å². The van der Waals surface area contributed by atoms with Crippen molar-refractivity contribution < 1.29 is 32.7 Å². The van der Waals surface area contributed by atoms with Crippen LogP contribution in [0, 0.1) is 0 Å². The lowest BCUT2D eigenvalue weighted by atomic mass is 10.0. The number of fused-ring (bicyclic) bond motifs is 1. The molecule has 43 heavy (non-hydrogen) atoms. The van der Waals surface area contributed by atoms with Crippen LogP contribution in [0.25, 0.3) is 34.2 Å². The molecule has 1 aliphatic rings. The molecule has 2 amide bonds. The molecule has 0 aliphatic carbocycles. The molecule has 6 rings (SSSR count). The third-order valence-corrected chi connectivity index (χ3v) is 6.66. The zero-order valence-corrected chi connectivity index (χ0v) is 23.0. The second kappa shape index (κ2) is 12.0. The Morgan fingerprint density at radius 2 is 1.86 bits per heavy atom. The maximum Gasteiger partial charge on any atom is 0.338 e. The van der Waals surface area contributed by atoms with Crippen molar-refractivity contribution in [3.05, 3.63) is 114 Å². The number of hydrogen-bond acceptors (Lipinski definition) is 8. The standard InChI is InChI=1S/C32H26N4O7/c1-2-40-31(38)28-23(33-32(39)34-30(28)25-13-8-16-41-25)19-42-27(37)15-14-21-18-36(22-10-4-3-5-11-22)35-29(21)26-17-20-9-6-7-12-24(20)43-26/h3-18,30H,2,19H2,1H3,(H2,33,34,39)/b15-14+/t30-/m1/s1. The maximum absolute atomic E-state index is 12.9. The van der Waals surface area contributed by atoms with E-state index in [0.717, 1.165) is 11.1 Å². The van der Waals surface area contributed by atoms with Crippen LogP contribution in [-0.4, -0.2) is 41.0 Å². The van der Waals surface area contributed by atoms with E-state index in [9.17, 15) is 14.4 Å². The van der Waals surface area contributed by atoms with E-state index in [1.807, 2.05) is 60.7 Å². The normalized spacial score (nSPS) is 15.0. The first kappa shape index (κ1) is 27.3. The van der Waals surface area contributed by atoms with Gasteiger partial charge in [-0.05, 0) is 49.4 Å². The lowest BCUT2D eigenvalue weighted by molar-refractivity contribution is -0.140. The molecule has 0 spiro atoms. The van der Waals surface area contributed by atoms with Gasteiger partial charge in [-0.2, -0.15) is 5.10 Å². The molecule has 2 aromatic carbocycles. The fourth-order valence-electron chi connectivity index (χ4n) is 4.71. The molecule has 11 heteroatoms. The lowest BCUT2D eigenvalue weighted by Gasteiger charge is -2.27. The summed E-state index contributed by atoms with van der Waals surface area (Å²) in [4.78, 5) is 38.1. The molecule has 216 valence electrons. The Balaban J connectivity index is 1.27. The monoisotopic (exact) mass is 578 g/mol. The van der Waals surface area contributed by atoms with E-state index < -0.39 is 24.0 Å². The van der Waals surface area contributed by atoms with Crippen molar-refractivity contribution in [2.75, 3.05) is 13.2 Å². The van der Waals surface area contributed by atoms with Gasteiger partial charge in [-0.3, -0.25) is 0 Å². The third kappa shape index (κ3) is 5.82. The fourth-order valence-corrected chi connectivity index (χ4v) is 4.71. The van der Waals surface area contributed by atoms with Gasteiger partial charge in [0, 0.05) is 23.2 Å². The number of carbonyl (C=O) groups excluding carboxylic acids is 3. The maximum atomic E-state index is 12.9. The highest BCUT2D eigenvalue weighted by Gasteiger charge is 2.35. The van der Waals surface area contributed by atoms with Crippen LogP contribution >= 0.6 is 0 Å². The molecular weight excluding hydrogens is 552 g/mol. The van der Waals surface area contributed by atoms with Crippen molar-refractivity contribution in [2.24, 2.45) is 0 Å². The summed E-state index contributed by atoms with van der Waals surface area (Å²) in [5, 5.41) is 10.8. The molecule has 0 fully saturated rings. The van der Waals surface area contributed by atoms with Gasteiger partial charge in [0.15, 0.2) is 5.76 Å². The Morgan fingerprint density at radius 1 is 1.05 bits per heavy atom. The smallest absolute Gasteiger partial charge is 0.338 e. The summed E-state index contributed by atoms with van der Waals surface area (Å²) in [5.74, 6) is -0.521. The van der Waals surface area contributed by atoms with Crippen molar-refractivity contribution >= 4 is 35.0 Å².